The van der Waals surface area contributed by atoms with Gasteiger partial charge in [-0.3, -0.25) is 9.59 Å². The van der Waals surface area contributed by atoms with E-state index in [1.54, 1.807) is 22.8 Å². The summed E-state index contributed by atoms with van der Waals surface area (Å²) in [5.41, 5.74) is 1.32. The number of H-pyrrole nitrogens is 1. The summed E-state index contributed by atoms with van der Waals surface area (Å²) in [5.74, 6) is -0.427. The zero-order valence-corrected chi connectivity index (χ0v) is 15.3. The van der Waals surface area contributed by atoms with Gasteiger partial charge in [-0.25, -0.2) is 8.42 Å². The monoisotopic (exact) mass is 375 g/mol. The highest BCUT2D eigenvalue weighted by atomic mass is 32.2. The van der Waals surface area contributed by atoms with E-state index in [1.807, 2.05) is 24.3 Å². The lowest BCUT2D eigenvalue weighted by Crippen LogP contribution is -2.61. The third kappa shape index (κ3) is 2.78. The zero-order chi connectivity index (χ0) is 18.5. The lowest BCUT2D eigenvalue weighted by atomic mass is 10.0. The second kappa shape index (κ2) is 6.12. The Morgan fingerprint density at radius 1 is 1.12 bits per heavy atom. The quantitative estimate of drug-likeness (QED) is 0.849. The van der Waals surface area contributed by atoms with Crippen LogP contribution in [0.15, 0.2) is 30.3 Å². The average molecular weight is 375 g/mol. The van der Waals surface area contributed by atoms with Crippen LogP contribution in [0.2, 0.25) is 0 Å². The van der Waals surface area contributed by atoms with Gasteiger partial charge in [0.1, 0.15) is 5.69 Å². The molecule has 2 fully saturated rings. The fourth-order valence-corrected chi connectivity index (χ4v) is 6.04. The molecule has 2 saturated heterocycles. The molecule has 2 atom stereocenters. The number of fused-ring (bicyclic) bond motifs is 2. The summed E-state index contributed by atoms with van der Waals surface area (Å²) in [5, 5.41) is 0.936. The van der Waals surface area contributed by atoms with Gasteiger partial charge in [-0.15, -0.1) is 0 Å². The third-order valence-corrected chi connectivity index (χ3v) is 7.02. The fourth-order valence-electron chi connectivity index (χ4n) is 4.06. The van der Waals surface area contributed by atoms with Gasteiger partial charge in [-0.05, 0) is 12.1 Å². The number of para-hydroxylation sites is 1. The summed E-state index contributed by atoms with van der Waals surface area (Å²) in [6.45, 7) is 2.48. The number of piperazine rings is 1. The van der Waals surface area contributed by atoms with Crippen LogP contribution < -0.4 is 0 Å². The van der Waals surface area contributed by atoms with Gasteiger partial charge in [0.05, 0.1) is 23.6 Å². The number of amides is 2. The summed E-state index contributed by atoms with van der Waals surface area (Å²) in [4.78, 5) is 31.7. The Balaban J connectivity index is 1.66. The molecule has 0 spiro atoms. The summed E-state index contributed by atoms with van der Waals surface area (Å²) >= 11 is 0. The molecule has 2 aliphatic rings. The Labute approximate surface area is 151 Å². The predicted molar refractivity (Wildman–Crippen MR) is 97.6 cm³/mol. The number of nitrogens with zero attached hydrogens (tertiary/aromatic N) is 2. The van der Waals surface area contributed by atoms with Crippen LogP contribution in [0.1, 0.15) is 23.8 Å². The zero-order valence-electron chi connectivity index (χ0n) is 14.5. The summed E-state index contributed by atoms with van der Waals surface area (Å²) in [7, 11) is -3.27. The number of aromatic nitrogens is 1. The molecule has 26 heavy (non-hydrogen) atoms. The average Bonchev–Trinajstić information content (AvgIpc) is 3.19. The highest BCUT2D eigenvalue weighted by Crippen LogP contribution is 2.29. The smallest absolute Gasteiger partial charge is 0.270 e. The Morgan fingerprint density at radius 2 is 1.77 bits per heavy atom. The number of hydrogen-bond donors (Lipinski definition) is 1. The number of sulfone groups is 1. The van der Waals surface area contributed by atoms with Crippen molar-refractivity contribution < 1.29 is 18.0 Å². The van der Waals surface area contributed by atoms with Crippen molar-refractivity contribution in [2.45, 2.75) is 25.4 Å². The third-order valence-electron chi connectivity index (χ3n) is 5.32. The number of benzene rings is 1. The Hall–Kier alpha value is -2.35. The molecule has 7 nitrogen and oxygen atoms in total. The molecular weight excluding hydrogens is 354 g/mol. The molecule has 2 aliphatic heterocycles. The normalized spacial score (nSPS) is 24.7. The van der Waals surface area contributed by atoms with Crippen molar-refractivity contribution in [2.75, 3.05) is 24.6 Å². The number of rotatable bonds is 2. The van der Waals surface area contributed by atoms with Crippen molar-refractivity contribution in [1.82, 2.24) is 14.8 Å². The number of carbonyl (C=O) groups excluding carboxylic acids is 2. The lowest BCUT2D eigenvalue weighted by molar-refractivity contribution is -0.135. The minimum Gasteiger partial charge on any atom is -0.351 e. The Morgan fingerprint density at radius 3 is 2.46 bits per heavy atom. The van der Waals surface area contributed by atoms with Crippen LogP contribution in [0.25, 0.3) is 10.9 Å². The first-order valence-electron chi connectivity index (χ1n) is 8.78. The van der Waals surface area contributed by atoms with Crippen molar-refractivity contribution in [3.05, 3.63) is 36.0 Å². The van der Waals surface area contributed by atoms with E-state index in [4.69, 9.17) is 0 Å². The Kier molecular flexibility index (Phi) is 4.02. The summed E-state index contributed by atoms with van der Waals surface area (Å²) in [6.07, 6.45) is 0.333. The van der Waals surface area contributed by atoms with E-state index in [0.717, 1.165) is 10.9 Å². The molecule has 8 heteroatoms. The molecule has 1 N–H and O–H groups in total. The van der Waals surface area contributed by atoms with Gasteiger partial charge in [0, 0.05) is 30.4 Å². The molecule has 138 valence electrons. The van der Waals surface area contributed by atoms with Gasteiger partial charge < -0.3 is 14.8 Å². The topological polar surface area (TPSA) is 90.6 Å². The van der Waals surface area contributed by atoms with Crippen LogP contribution in [0.3, 0.4) is 0 Å². The van der Waals surface area contributed by atoms with Crippen LogP contribution in [0, 0.1) is 0 Å². The SMILES string of the molecule is CCC(=O)N1CCN(C(=O)c2cc3ccccc3[nH]2)[C@@H]2CS(=O)(=O)C[C@@H]21. The first kappa shape index (κ1) is 17.1. The molecule has 0 radical (unpaired) electrons. The maximum atomic E-state index is 13.1. The van der Waals surface area contributed by atoms with Crippen molar-refractivity contribution in [2.24, 2.45) is 0 Å². The number of carbonyl (C=O) groups is 2. The first-order chi connectivity index (χ1) is 12.4. The molecule has 2 aromatic rings. The highest BCUT2D eigenvalue weighted by Gasteiger charge is 2.49. The van der Waals surface area contributed by atoms with E-state index < -0.39 is 21.9 Å². The van der Waals surface area contributed by atoms with E-state index in [9.17, 15) is 18.0 Å². The van der Waals surface area contributed by atoms with E-state index in [0.29, 0.717) is 25.2 Å². The molecule has 0 bridgehead atoms. The molecule has 0 saturated carbocycles. The minimum absolute atomic E-state index is 0.0604. The molecular formula is C18H21N3O4S. The summed E-state index contributed by atoms with van der Waals surface area (Å²) in [6, 6.07) is 8.47. The van der Waals surface area contributed by atoms with Crippen molar-refractivity contribution >= 4 is 32.6 Å². The van der Waals surface area contributed by atoms with Crippen molar-refractivity contribution in [3.8, 4) is 0 Å². The van der Waals surface area contributed by atoms with Gasteiger partial charge in [0.15, 0.2) is 9.84 Å². The van der Waals surface area contributed by atoms with Crippen molar-refractivity contribution in [3.63, 3.8) is 0 Å². The van der Waals surface area contributed by atoms with Crippen LogP contribution in [-0.4, -0.2) is 71.7 Å². The second-order valence-electron chi connectivity index (χ2n) is 6.92. The van der Waals surface area contributed by atoms with Gasteiger partial charge in [0.25, 0.3) is 5.91 Å². The molecule has 2 amide bonds. The summed E-state index contributed by atoms with van der Waals surface area (Å²) < 4.78 is 24.4. The molecule has 3 heterocycles. The van der Waals surface area contributed by atoms with Gasteiger partial charge in [-0.1, -0.05) is 25.1 Å². The van der Waals surface area contributed by atoms with E-state index in [-0.39, 0.29) is 23.3 Å². The fraction of sp³-hybridized carbons (Fsp3) is 0.444. The number of hydrogen-bond acceptors (Lipinski definition) is 4. The van der Waals surface area contributed by atoms with E-state index in [2.05, 4.69) is 4.98 Å². The van der Waals surface area contributed by atoms with E-state index >= 15 is 0 Å². The minimum atomic E-state index is -3.27. The first-order valence-corrected chi connectivity index (χ1v) is 10.6. The maximum Gasteiger partial charge on any atom is 0.270 e. The van der Waals surface area contributed by atoms with Crippen molar-refractivity contribution in [1.29, 1.82) is 0 Å². The molecule has 0 unspecified atom stereocenters. The number of nitrogens with one attached hydrogen (secondary N) is 1. The molecule has 1 aromatic heterocycles. The maximum absolute atomic E-state index is 13.1. The van der Waals surface area contributed by atoms with Crippen LogP contribution in [-0.2, 0) is 14.6 Å². The largest absolute Gasteiger partial charge is 0.351 e. The lowest BCUT2D eigenvalue weighted by Gasteiger charge is -2.43. The standard InChI is InChI=1S/C18H21N3O4S/c1-2-17(22)20-7-8-21(16-11-26(24,25)10-15(16)20)18(23)14-9-12-5-3-4-6-13(12)19-14/h3-6,9,15-16,19H,2,7-8,10-11H2,1H3/t15-,16+/m0/s1. The van der Waals surface area contributed by atoms with Gasteiger partial charge in [-0.2, -0.15) is 0 Å². The molecule has 0 aliphatic carbocycles. The Bertz CT molecular complexity index is 948. The van der Waals surface area contributed by atoms with E-state index in [1.165, 1.54) is 0 Å². The molecule has 4 rings (SSSR count). The van der Waals surface area contributed by atoms with Crippen LogP contribution >= 0.6 is 0 Å². The van der Waals surface area contributed by atoms with Gasteiger partial charge in [0.2, 0.25) is 5.91 Å². The van der Waals surface area contributed by atoms with Gasteiger partial charge >= 0.3 is 0 Å². The molecule has 1 aromatic carbocycles. The second-order valence-corrected chi connectivity index (χ2v) is 9.07. The predicted octanol–water partition coefficient (Wildman–Crippen LogP) is 1.03. The highest BCUT2D eigenvalue weighted by molar-refractivity contribution is 7.91. The number of aromatic amines is 1. The van der Waals surface area contributed by atoms with Crippen LogP contribution in [0.5, 0.6) is 0 Å². The van der Waals surface area contributed by atoms with Crippen LogP contribution in [0.4, 0.5) is 0 Å².